The minimum absolute atomic E-state index is 0.359. The molecule has 0 saturated carbocycles. The van der Waals surface area contributed by atoms with Crippen molar-refractivity contribution in [2.75, 3.05) is 14.2 Å². The van der Waals surface area contributed by atoms with Gasteiger partial charge in [0.1, 0.15) is 11.5 Å². The monoisotopic (exact) mass is 299 g/mol. The van der Waals surface area contributed by atoms with E-state index in [-0.39, 0.29) is 0 Å². The number of hydrogen-bond donors (Lipinski definition) is 1. The zero-order valence-electron chi connectivity index (χ0n) is 13.6. The average molecular weight is 299 g/mol. The van der Waals surface area contributed by atoms with Crippen molar-refractivity contribution in [3.8, 4) is 11.5 Å². The SMILES string of the molecule is CCCC(NCc1ccc(OC)cc1OC)c1ccccc1. The Bertz CT molecular complexity index is 569. The lowest BCUT2D eigenvalue weighted by Gasteiger charge is -2.20. The number of methoxy groups -OCH3 is 2. The predicted octanol–water partition coefficient (Wildman–Crippen LogP) is 4.33. The molecule has 0 aliphatic carbocycles. The van der Waals surface area contributed by atoms with E-state index in [9.17, 15) is 0 Å². The molecule has 118 valence electrons. The van der Waals surface area contributed by atoms with E-state index < -0.39 is 0 Å². The normalized spacial score (nSPS) is 12.0. The second-order valence-corrected chi connectivity index (χ2v) is 5.31. The Morgan fingerprint density at radius 2 is 1.77 bits per heavy atom. The molecule has 0 aliphatic heterocycles. The van der Waals surface area contributed by atoms with E-state index in [1.807, 2.05) is 12.1 Å². The smallest absolute Gasteiger partial charge is 0.127 e. The molecule has 1 unspecified atom stereocenters. The van der Waals surface area contributed by atoms with Gasteiger partial charge < -0.3 is 14.8 Å². The van der Waals surface area contributed by atoms with Gasteiger partial charge in [-0.3, -0.25) is 0 Å². The molecule has 0 bridgehead atoms. The largest absolute Gasteiger partial charge is 0.497 e. The molecule has 3 heteroatoms. The fourth-order valence-corrected chi connectivity index (χ4v) is 2.59. The van der Waals surface area contributed by atoms with Crippen LogP contribution >= 0.6 is 0 Å². The Balaban J connectivity index is 2.09. The first-order valence-corrected chi connectivity index (χ1v) is 7.77. The van der Waals surface area contributed by atoms with Crippen molar-refractivity contribution in [2.24, 2.45) is 0 Å². The van der Waals surface area contributed by atoms with Crippen molar-refractivity contribution in [1.29, 1.82) is 0 Å². The number of ether oxygens (including phenoxy) is 2. The first kappa shape index (κ1) is 16.4. The van der Waals surface area contributed by atoms with Crippen LogP contribution in [0.4, 0.5) is 0 Å². The molecule has 0 fully saturated rings. The molecule has 0 heterocycles. The average Bonchev–Trinajstić information content (AvgIpc) is 2.59. The molecule has 0 saturated heterocycles. The van der Waals surface area contributed by atoms with Gasteiger partial charge in [-0.15, -0.1) is 0 Å². The highest BCUT2D eigenvalue weighted by molar-refractivity contribution is 5.40. The fraction of sp³-hybridized carbons (Fsp3) is 0.368. The minimum atomic E-state index is 0.359. The maximum Gasteiger partial charge on any atom is 0.127 e. The second-order valence-electron chi connectivity index (χ2n) is 5.31. The summed E-state index contributed by atoms with van der Waals surface area (Å²) in [5, 5.41) is 3.64. The Hall–Kier alpha value is -2.00. The third kappa shape index (κ3) is 4.25. The van der Waals surface area contributed by atoms with Crippen molar-refractivity contribution >= 4 is 0 Å². The van der Waals surface area contributed by atoms with Gasteiger partial charge in [0.05, 0.1) is 14.2 Å². The van der Waals surface area contributed by atoms with E-state index in [0.29, 0.717) is 6.04 Å². The first-order valence-electron chi connectivity index (χ1n) is 7.77. The fourth-order valence-electron chi connectivity index (χ4n) is 2.59. The van der Waals surface area contributed by atoms with E-state index >= 15 is 0 Å². The summed E-state index contributed by atoms with van der Waals surface area (Å²) in [6.07, 6.45) is 2.26. The maximum absolute atomic E-state index is 5.47. The van der Waals surface area contributed by atoms with Crippen molar-refractivity contribution in [3.05, 3.63) is 59.7 Å². The van der Waals surface area contributed by atoms with Crippen molar-refractivity contribution < 1.29 is 9.47 Å². The number of hydrogen-bond acceptors (Lipinski definition) is 3. The third-order valence-corrected chi connectivity index (χ3v) is 3.81. The van der Waals surface area contributed by atoms with Gasteiger partial charge in [-0.2, -0.15) is 0 Å². The van der Waals surface area contributed by atoms with Gasteiger partial charge in [0.15, 0.2) is 0 Å². The molecule has 0 spiro atoms. The van der Waals surface area contributed by atoms with Gasteiger partial charge in [-0.05, 0) is 18.1 Å². The molecule has 2 aromatic rings. The third-order valence-electron chi connectivity index (χ3n) is 3.81. The Labute approximate surface area is 133 Å². The summed E-state index contributed by atoms with van der Waals surface area (Å²) in [7, 11) is 3.36. The lowest BCUT2D eigenvalue weighted by atomic mass is 10.0. The number of nitrogens with one attached hydrogen (secondary N) is 1. The van der Waals surface area contributed by atoms with E-state index in [1.54, 1.807) is 14.2 Å². The van der Waals surface area contributed by atoms with Crippen LogP contribution in [0.2, 0.25) is 0 Å². The van der Waals surface area contributed by atoms with Crippen LogP contribution in [-0.2, 0) is 6.54 Å². The van der Waals surface area contributed by atoms with Gasteiger partial charge in [-0.1, -0.05) is 49.7 Å². The highest BCUT2D eigenvalue weighted by atomic mass is 16.5. The molecule has 2 aromatic carbocycles. The standard InChI is InChI=1S/C19H25NO2/c1-4-8-18(15-9-6-5-7-10-15)20-14-16-11-12-17(21-2)13-19(16)22-3/h5-7,9-13,18,20H,4,8,14H2,1-3H3. The van der Waals surface area contributed by atoms with Crippen LogP contribution in [0.5, 0.6) is 11.5 Å². The summed E-state index contributed by atoms with van der Waals surface area (Å²) >= 11 is 0. The summed E-state index contributed by atoms with van der Waals surface area (Å²) in [6, 6.07) is 16.9. The van der Waals surface area contributed by atoms with Crippen LogP contribution in [0.3, 0.4) is 0 Å². The quantitative estimate of drug-likeness (QED) is 0.786. The molecule has 1 atom stereocenters. The first-order chi connectivity index (χ1) is 10.8. The van der Waals surface area contributed by atoms with Gasteiger partial charge in [0, 0.05) is 24.2 Å². The van der Waals surface area contributed by atoms with Gasteiger partial charge in [0.25, 0.3) is 0 Å². The summed E-state index contributed by atoms with van der Waals surface area (Å²) < 4.78 is 10.7. The van der Waals surface area contributed by atoms with E-state index in [2.05, 4.69) is 48.6 Å². The van der Waals surface area contributed by atoms with Crippen LogP contribution in [-0.4, -0.2) is 14.2 Å². The molecule has 0 aromatic heterocycles. The van der Waals surface area contributed by atoms with Crippen molar-refractivity contribution in [2.45, 2.75) is 32.4 Å². The van der Waals surface area contributed by atoms with Gasteiger partial charge in [0.2, 0.25) is 0 Å². The molecule has 3 nitrogen and oxygen atoms in total. The molecule has 0 aliphatic rings. The van der Waals surface area contributed by atoms with Crippen LogP contribution < -0.4 is 14.8 Å². The predicted molar refractivity (Wildman–Crippen MR) is 90.5 cm³/mol. The summed E-state index contributed by atoms with van der Waals surface area (Å²) in [4.78, 5) is 0. The molecule has 2 rings (SSSR count). The molecule has 1 N–H and O–H groups in total. The minimum Gasteiger partial charge on any atom is -0.497 e. The van der Waals surface area contributed by atoms with Crippen LogP contribution in [0.15, 0.2) is 48.5 Å². The zero-order chi connectivity index (χ0) is 15.8. The summed E-state index contributed by atoms with van der Waals surface area (Å²) in [5.41, 5.74) is 2.47. The highest BCUT2D eigenvalue weighted by Crippen LogP contribution is 2.26. The molecule has 22 heavy (non-hydrogen) atoms. The van der Waals surface area contributed by atoms with Crippen LogP contribution in [0.25, 0.3) is 0 Å². The number of rotatable bonds is 8. The molecular formula is C19H25NO2. The molecule has 0 amide bonds. The number of benzene rings is 2. The topological polar surface area (TPSA) is 30.5 Å². The zero-order valence-corrected chi connectivity index (χ0v) is 13.6. The van der Waals surface area contributed by atoms with E-state index in [0.717, 1.165) is 36.4 Å². The van der Waals surface area contributed by atoms with Crippen LogP contribution in [0, 0.1) is 0 Å². The van der Waals surface area contributed by atoms with Crippen LogP contribution in [0.1, 0.15) is 36.9 Å². The van der Waals surface area contributed by atoms with Gasteiger partial charge >= 0.3 is 0 Å². The van der Waals surface area contributed by atoms with E-state index in [4.69, 9.17) is 9.47 Å². The van der Waals surface area contributed by atoms with E-state index in [1.165, 1.54) is 5.56 Å². The lowest BCUT2D eigenvalue weighted by molar-refractivity contribution is 0.387. The van der Waals surface area contributed by atoms with Gasteiger partial charge in [-0.25, -0.2) is 0 Å². The summed E-state index contributed by atoms with van der Waals surface area (Å²) in [6.45, 7) is 2.98. The summed E-state index contributed by atoms with van der Waals surface area (Å²) in [5.74, 6) is 1.67. The van der Waals surface area contributed by atoms with Crippen molar-refractivity contribution in [3.63, 3.8) is 0 Å². The lowest BCUT2D eigenvalue weighted by Crippen LogP contribution is -2.21. The maximum atomic E-state index is 5.47. The molecule has 0 radical (unpaired) electrons. The second kappa shape index (κ2) is 8.44. The molecular weight excluding hydrogens is 274 g/mol. The van der Waals surface area contributed by atoms with Crippen molar-refractivity contribution in [1.82, 2.24) is 5.32 Å². The Kier molecular flexibility index (Phi) is 6.28. The Morgan fingerprint density at radius 3 is 2.41 bits per heavy atom. The Morgan fingerprint density at radius 1 is 1.00 bits per heavy atom. The highest BCUT2D eigenvalue weighted by Gasteiger charge is 2.11.